The fourth-order valence-electron chi connectivity index (χ4n) is 4.30. The van der Waals surface area contributed by atoms with Crippen molar-refractivity contribution in [1.82, 2.24) is 14.6 Å². The molecule has 0 unspecified atom stereocenters. The van der Waals surface area contributed by atoms with Crippen LogP contribution in [0, 0.1) is 13.8 Å². The second-order valence-electron chi connectivity index (χ2n) is 8.94. The molecule has 0 saturated heterocycles. The lowest BCUT2D eigenvalue weighted by Crippen LogP contribution is -2.13. The lowest BCUT2D eigenvalue weighted by Gasteiger charge is -2.12. The first-order chi connectivity index (χ1) is 17.8. The molecule has 0 atom stereocenters. The van der Waals surface area contributed by atoms with Gasteiger partial charge in [0.25, 0.3) is 0 Å². The third-order valence-electron chi connectivity index (χ3n) is 6.31. The van der Waals surface area contributed by atoms with Crippen molar-refractivity contribution in [3.63, 3.8) is 0 Å². The molecule has 0 amide bonds. The van der Waals surface area contributed by atoms with Crippen molar-refractivity contribution < 1.29 is 12.8 Å². The normalized spacial score (nSPS) is 11.8. The van der Waals surface area contributed by atoms with E-state index in [9.17, 15) is 13.2 Å². The van der Waals surface area contributed by atoms with Crippen molar-refractivity contribution >= 4 is 26.5 Å². The minimum Gasteiger partial charge on any atom is -0.422 e. The van der Waals surface area contributed by atoms with E-state index in [-0.39, 0.29) is 21.0 Å². The maximum Gasteiger partial charge on any atom is 0.345 e. The number of fused-ring (bicyclic) bond motifs is 2. The van der Waals surface area contributed by atoms with E-state index in [2.05, 4.69) is 4.98 Å². The number of sulfone groups is 1. The number of hydrogen-bond donors (Lipinski definition) is 0. The van der Waals surface area contributed by atoms with Crippen LogP contribution in [-0.2, 0) is 9.84 Å². The van der Waals surface area contributed by atoms with Gasteiger partial charge in [-0.05, 0) is 38.1 Å². The molecule has 0 saturated carbocycles. The van der Waals surface area contributed by atoms with E-state index < -0.39 is 15.5 Å². The molecule has 8 heteroatoms. The van der Waals surface area contributed by atoms with Crippen LogP contribution in [0.5, 0.6) is 0 Å². The van der Waals surface area contributed by atoms with Crippen LogP contribution in [0.3, 0.4) is 0 Å². The van der Waals surface area contributed by atoms with Crippen LogP contribution in [0.4, 0.5) is 0 Å². The van der Waals surface area contributed by atoms with Gasteiger partial charge in [0.15, 0.2) is 5.65 Å². The topological polar surface area (TPSA) is 94.5 Å². The first-order valence-electron chi connectivity index (χ1n) is 11.6. The summed E-state index contributed by atoms with van der Waals surface area (Å²) in [5, 5.41) is 5.36. The van der Waals surface area contributed by atoms with Crippen molar-refractivity contribution in [2.45, 2.75) is 23.6 Å². The molecule has 37 heavy (non-hydrogen) atoms. The summed E-state index contributed by atoms with van der Waals surface area (Å²) in [6.07, 6.45) is 1.29. The van der Waals surface area contributed by atoms with E-state index in [4.69, 9.17) is 9.52 Å². The zero-order valence-electron chi connectivity index (χ0n) is 20.0. The van der Waals surface area contributed by atoms with Crippen molar-refractivity contribution in [3.8, 4) is 22.5 Å². The second-order valence-corrected chi connectivity index (χ2v) is 10.9. The lowest BCUT2D eigenvalue weighted by atomic mass is 10.1. The summed E-state index contributed by atoms with van der Waals surface area (Å²) in [5.41, 5.74) is 3.80. The molecule has 0 fully saturated rings. The average molecular weight is 508 g/mol. The Morgan fingerprint density at radius 3 is 2.24 bits per heavy atom. The first kappa shape index (κ1) is 22.9. The smallest absolute Gasteiger partial charge is 0.345 e. The Hall–Kier alpha value is -4.56. The predicted octanol–water partition coefficient (Wildman–Crippen LogP) is 5.62. The highest BCUT2D eigenvalue weighted by Crippen LogP contribution is 2.33. The SMILES string of the molecule is Cc1ccc(-c2cc3ncc(S(=O)(=O)c4ccc(C)cc4)c(-c4cc5ccccc5oc4=O)n3n2)cc1. The summed E-state index contributed by atoms with van der Waals surface area (Å²) >= 11 is 0. The molecule has 0 N–H and O–H groups in total. The summed E-state index contributed by atoms with van der Waals surface area (Å²) in [6, 6.07) is 24.8. The highest BCUT2D eigenvalue weighted by Gasteiger charge is 2.28. The minimum absolute atomic E-state index is 0.0790. The van der Waals surface area contributed by atoms with E-state index in [1.807, 2.05) is 44.2 Å². The highest BCUT2D eigenvalue weighted by atomic mass is 32.2. The Morgan fingerprint density at radius 2 is 1.51 bits per heavy atom. The van der Waals surface area contributed by atoms with E-state index in [1.165, 1.54) is 10.7 Å². The largest absolute Gasteiger partial charge is 0.422 e. The molecule has 0 radical (unpaired) electrons. The van der Waals surface area contributed by atoms with Crippen molar-refractivity contribution in [2.24, 2.45) is 0 Å². The van der Waals surface area contributed by atoms with Crippen LogP contribution in [0.2, 0.25) is 0 Å². The van der Waals surface area contributed by atoms with Gasteiger partial charge in [0.2, 0.25) is 9.84 Å². The maximum atomic E-state index is 13.9. The monoisotopic (exact) mass is 507 g/mol. The van der Waals surface area contributed by atoms with Crippen LogP contribution < -0.4 is 5.63 Å². The van der Waals surface area contributed by atoms with Crippen molar-refractivity contribution in [3.05, 3.63) is 113 Å². The van der Waals surface area contributed by atoms with Gasteiger partial charge in [-0.3, -0.25) is 0 Å². The van der Waals surface area contributed by atoms with E-state index >= 15 is 0 Å². The van der Waals surface area contributed by atoms with Gasteiger partial charge in [0.05, 0.1) is 22.3 Å². The van der Waals surface area contributed by atoms with Crippen molar-refractivity contribution in [1.29, 1.82) is 0 Å². The van der Waals surface area contributed by atoms with Gasteiger partial charge in [-0.1, -0.05) is 65.7 Å². The maximum absolute atomic E-state index is 13.9. The Balaban J connectivity index is 1.68. The van der Waals surface area contributed by atoms with Crippen molar-refractivity contribution in [2.75, 3.05) is 0 Å². The molecular formula is C29H21N3O4S. The van der Waals surface area contributed by atoms with Crippen LogP contribution in [0.25, 0.3) is 39.1 Å². The molecule has 7 nitrogen and oxygen atoms in total. The van der Waals surface area contributed by atoms with Gasteiger partial charge < -0.3 is 4.42 Å². The van der Waals surface area contributed by atoms with Crippen LogP contribution >= 0.6 is 0 Å². The number of benzene rings is 3. The second kappa shape index (κ2) is 8.53. The van der Waals surface area contributed by atoms with Gasteiger partial charge in [0, 0.05) is 17.0 Å². The number of para-hydroxylation sites is 1. The van der Waals surface area contributed by atoms with Gasteiger partial charge in [-0.25, -0.2) is 22.7 Å². The first-order valence-corrected chi connectivity index (χ1v) is 13.1. The number of nitrogens with zero attached hydrogens (tertiary/aromatic N) is 3. The van der Waals surface area contributed by atoms with Gasteiger partial charge in [-0.2, -0.15) is 5.10 Å². The Kier molecular flexibility index (Phi) is 5.27. The van der Waals surface area contributed by atoms with E-state index in [0.717, 1.165) is 16.7 Å². The summed E-state index contributed by atoms with van der Waals surface area (Å²) in [4.78, 5) is 17.6. The molecule has 3 aromatic carbocycles. The zero-order valence-corrected chi connectivity index (χ0v) is 20.9. The van der Waals surface area contributed by atoms with Crippen LogP contribution in [-0.4, -0.2) is 23.0 Å². The molecule has 182 valence electrons. The quantitative estimate of drug-likeness (QED) is 0.288. The molecule has 3 heterocycles. The van der Waals surface area contributed by atoms with Crippen LogP contribution in [0.1, 0.15) is 11.1 Å². The van der Waals surface area contributed by atoms with Gasteiger partial charge in [-0.15, -0.1) is 0 Å². The molecule has 6 aromatic rings. The fourth-order valence-corrected chi connectivity index (χ4v) is 5.69. The van der Waals surface area contributed by atoms with Gasteiger partial charge >= 0.3 is 5.63 Å². The molecule has 0 aliphatic rings. The molecule has 6 rings (SSSR count). The molecule has 0 spiro atoms. The van der Waals surface area contributed by atoms with Crippen LogP contribution in [0.15, 0.2) is 110 Å². The zero-order chi connectivity index (χ0) is 25.7. The van der Waals surface area contributed by atoms with Gasteiger partial charge in [0.1, 0.15) is 16.2 Å². The Labute approximate surface area is 212 Å². The number of hydrogen-bond acceptors (Lipinski definition) is 6. The summed E-state index contributed by atoms with van der Waals surface area (Å²) in [7, 11) is -4.06. The fraction of sp³-hybridized carbons (Fsp3) is 0.0690. The highest BCUT2D eigenvalue weighted by molar-refractivity contribution is 7.91. The number of rotatable bonds is 4. The van der Waals surface area contributed by atoms with E-state index in [0.29, 0.717) is 22.3 Å². The predicted molar refractivity (Wildman–Crippen MR) is 141 cm³/mol. The summed E-state index contributed by atoms with van der Waals surface area (Å²) in [6.45, 7) is 3.88. The molecule has 3 aromatic heterocycles. The molecule has 0 aliphatic heterocycles. The molecule has 0 aliphatic carbocycles. The molecule has 0 bridgehead atoms. The van der Waals surface area contributed by atoms with E-state index in [1.54, 1.807) is 54.6 Å². The Bertz CT molecular complexity index is 1970. The summed E-state index contributed by atoms with van der Waals surface area (Å²) < 4.78 is 34.7. The summed E-state index contributed by atoms with van der Waals surface area (Å²) in [5.74, 6) is 0. The molecular weight excluding hydrogens is 486 g/mol. The average Bonchev–Trinajstić information content (AvgIpc) is 3.33. The lowest BCUT2D eigenvalue weighted by molar-refractivity contribution is 0.562. The third-order valence-corrected chi connectivity index (χ3v) is 8.09. The number of aromatic nitrogens is 3. The number of aryl methyl sites for hydroxylation is 2. The third kappa shape index (κ3) is 3.91. The minimum atomic E-state index is -4.06. The Morgan fingerprint density at radius 1 is 0.838 bits per heavy atom. The standard InChI is InChI=1S/C29H21N3O4S/c1-18-7-11-20(12-8-18)24-16-27-30-17-26(37(34,35)22-13-9-19(2)10-14-22)28(32(27)31-24)23-15-21-5-3-4-6-25(21)36-29(23)33/h3-17H,1-2H3.